The Labute approximate surface area is 130 Å². The third kappa shape index (κ3) is 6.41. The van der Waals surface area contributed by atoms with Crippen LogP contribution >= 0.6 is 11.3 Å². The maximum absolute atomic E-state index is 3.72. The number of nitrogens with one attached hydrogen (secondary N) is 1. The predicted octanol–water partition coefficient (Wildman–Crippen LogP) is 5.51. The second-order valence-electron chi connectivity index (χ2n) is 6.61. The molecule has 0 spiro atoms. The van der Waals surface area contributed by atoms with Gasteiger partial charge in [-0.2, -0.15) is 11.3 Å². The number of hydrogen-bond donors (Lipinski definition) is 1. The van der Waals surface area contributed by atoms with Crippen LogP contribution in [0, 0.1) is 11.3 Å². The average Bonchev–Trinajstić information content (AvgIpc) is 2.94. The van der Waals surface area contributed by atoms with Gasteiger partial charge in [0.15, 0.2) is 0 Å². The van der Waals surface area contributed by atoms with Crippen LogP contribution in [0.15, 0.2) is 16.8 Å². The van der Waals surface area contributed by atoms with E-state index in [4.69, 9.17) is 0 Å². The number of rotatable bonds is 11. The molecule has 1 unspecified atom stereocenters. The lowest BCUT2D eigenvalue weighted by atomic mass is 9.75. The van der Waals surface area contributed by atoms with Gasteiger partial charge in [0, 0.05) is 6.54 Å². The van der Waals surface area contributed by atoms with Gasteiger partial charge in [-0.15, -0.1) is 0 Å². The standard InChI is InChI=1S/C18H33NS/c1-5-7-10-18(6-2,15-19-13-16(3)4)11-8-17-9-12-20-14-17/h9,12,14,16,19H,5-8,10-11,13,15H2,1-4H3. The molecule has 0 aliphatic carbocycles. The third-order valence-electron chi connectivity index (χ3n) is 4.39. The Hall–Kier alpha value is -0.340. The Morgan fingerprint density at radius 2 is 2.05 bits per heavy atom. The molecule has 1 nitrogen and oxygen atoms in total. The molecule has 0 amide bonds. The van der Waals surface area contributed by atoms with E-state index < -0.39 is 0 Å². The maximum atomic E-state index is 3.72. The van der Waals surface area contributed by atoms with Crippen molar-refractivity contribution in [1.82, 2.24) is 5.32 Å². The Balaban J connectivity index is 2.55. The van der Waals surface area contributed by atoms with Crippen LogP contribution in [0.3, 0.4) is 0 Å². The van der Waals surface area contributed by atoms with Gasteiger partial charge in [0.05, 0.1) is 0 Å². The van der Waals surface area contributed by atoms with E-state index in [0.717, 1.165) is 12.5 Å². The maximum Gasteiger partial charge on any atom is 0.000793 e. The fourth-order valence-corrected chi connectivity index (χ4v) is 3.51. The van der Waals surface area contributed by atoms with Crippen molar-refractivity contribution in [3.8, 4) is 0 Å². The molecule has 1 N–H and O–H groups in total. The molecule has 116 valence electrons. The van der Waals surface area contributed by atoms with Gasteiger partial charge in [0.2, 0.25) is 0 Å². The Morgan fingerprint density at radius 3 is 2.60 bits per heavy atom. The molecule has 0 bridgehead atoms. The van der Waals surface area contributed by atoms with E-state index in [-0.39, 0.29) is 0 Å². The minimum Gasteiger partial charge on any atom is -0.316 e. The van der Waals surface area contributed by atoms with Crippen molar-refractivity contribution in [2.45, 2.75) is 66.2 Å². The average molecular weight is 296 g/mol. The molecule has 1 atom stereocenters. The number of unbranched alkanes of at least 4 members (excludes halogenated alkanes) is 1. The molecule has 0 saturated heterocycles. The quantitative estimate of drug-likeness (QED) is 0.567. The van der Waals surface area contributed by atoms with Crippen LogP contribution < -0.4 is 5.32 Å². The lowest BCUT2D eigenvalue weighted by molar-refractivity contribution is 0.209. The van der Waals surface area contributed by atoms with Gasteiger partial charge in [-0.05, 0) is 66.0 Å². The van der Waals surface area contributed by atoms with E-state index in [9.17, 15) is 0 Å². The van der Waals surface area contributed by atoms with Gasteiger partial charge in [-0.3, -0.25) is 0 Å². The highest BCUT2D eigenvalue weighted by molar-refractivity contribution is 7.07. The molecule has 20 heavy (non-hydrogen) atoms. The van der Waals surface area contributed by atoms with Crippen molar-refractivity contribution in [3.05, 3.63) is 22.4 Å². The first-order valence-corrected chi connectivity index (χ1v) is 9.28. The van der Waals surface area contributed by atoms with Gasteiger partial charge >= 0.3 is 0 Å². The molecule has 0 saturated carbocycles. The van der Waals surface area contributed by atoms with E-state index in [1.54, 1.807) is 0 Å². The normalized spacial score (nSPS) is 14.7. The number of hydrogen-bond acceptors (Lipinski definition) is 2. The van der Waals surface area contributed by atoms with Crippen molar-refractivity contribution in [1.29, 1.82) is 0 Å². The zero-order chi connectivity index (χ0) is 14.8. The second-order valence-corrected chi connectivity index (χ2v) is 7.39. The van der Waals surface area contributed by atoms with Crippen molar-refractivity contribution in [2.24, 2.45) is 11.3 Å². The Morgan fingerprint density at radius 1 is 1.25 bits per heavy atom. The van der Waals surface area contributed by atoms with Crippen molar-refractivity contribution >= 4 is 11.3 Å². The molecular formula is C18H33NS. The highest BCUT2D eigenvalue weighted by Gasteiger charge is 2.27. The highest BCUT2D eigenvalue weighted by atomic mass is 32.1. The summed E-state index contributed by atoms with van der Waals surface area (Å²) >= 11 is 1.82. The van der Waals surface area contributed by atoms with Gasteiger partial charge in [-0.1, -0.05) is 40.5 Å². The van der Waals surface area contributed by atoms with Crippen LogP contribution in [0.4, 0.5) is 0 Å². The molecule has 0 fully saturated rings. The van der Waals surface area contributed by atoms with Crippen LogP contribution in [0.2, 0.25) is 0 Å². The molecule has 0 radical (unpaired) electrons. The first-order valence-electron chi connectivity index (χ1n) is 8.33. The van der Waals surface area contributed by atoms with Crippen molar-refractivity contribution in [3.63, 3.8) is 0 Å². The van der Waals surface area contributed by atoms with Crippen LogP contribution in [0.5, 0.6) is 0 Å². The summed E-state index contributed by atoms with van der Waals surface area (Å²) < 4.78 is 0. The summed E-state index contributed by atoms with van der Waals surface area (Å²) in [6, 6.07) is 2.28. The number of aryl methyl sites for hydroxylation is 1. The molecular weight excluding hydrogens is 262 g/mol. The summed E-state index contributed by atoms with van der Waals surface area (Å²) in [5.74, 6) is 0.743. The van der Waals surface area contributed by atoms with Gasteiger partial charge in [-0.25, -0.2) is 0 Å². The molecule has 1 aromatic heterocycles. The molecule has 2 heteroatoms. The van der Waals surface area contributed by atoms with E-state index in [0.29, 0.717) is 5.41 Å². The Kier molecular flexibility index (Phi) is 8.47. The topological polar surface area (TPSA) is 12.0 Å². The Bertz CT molecular complexity index is 331. The fraction of sp³-hybridized carbons (Fsp3) is 0.778. The van der Waals surface area contributed by atoms with Crippen molar-refractivity contribution < 1.29 is 0 Å². The summed E-state index contributed by atoms with van der Waals surface area (Å²) in [5.41, 5.74) is 2.01. The second kappa shape index (κ2) is 9.57. The minimum absolute atomic E-state index is 0.493. The number of thiophene rings is 1. The molecule has 1 rings (SSSR count). The predicted molar refractivity (Wildman–Crippen MR) is 92.6 cm³/mol. The molecule has 0 aliphatic rings. The third-order valence-corrected chi connectivity index (χ3v) is 5.12. The van der Waals surface area contributed by atoms with Gasteiger partial charge < -0.3 is 5.32 Å². The first kappa shape index (κ1) is 17.7. The summed E-state index contributed by atoms with van der Waals surface area (Å²) in [5, 5.41) is 8.23. The molecule has 1 heterocycles. The van der Waals surface area contributed by atoms with Crippen LogP contribution in [0.25, 0.3) is 0 Å². The lowest BCUT2D eigenvalue weighted by Crippen LogP contribution is -2.36. The van der Waals surface area contributed by atoms with E-state index in [2.05, 4.69) is 49.8 Å². The largest absolute Gasteiger partial charge is 0.316 e. The molecule has 0 aromatic carbocycles. The summed E-state index contributed by atoms with van der Waals surface area (Å²) in [6.07, 6.45) is 7.90. The summed E-state index contributed by atoms with van der Waals surface area (Å²) in [7, 11) is 0. The fourth-order valence-electron chi connectivity index (χ4n) is 2.80. The van der Waals surface area contributed by atoms with Crippen LogP contribution in [-0.2, 0) is 6.42 Å². The van der Waals surface area contributed by atoms with E-state index in [1.165, 1.54) is 50.6 Å². The van der Waals surface area contributed by atoms with E-state index in [1.807, 2.05) is 11.3 Å². The smallest absolute Gasteiger partial charge is 0.000793 e. The van der Waals surface area contributed by atoms with Gasteiger partial charge in [0.1, 0.15) is 0 Å². The lowest BCUT2D eigenvalue weighted by Gasteiger charge is -2.34. The zero-order valence-corrected chi connectivity index (χ0v) is 14.7. The first-order chi connectivity index (χ1) is 9.62. The molecule has 1 aromatic rings. The SMILES string of the molecule is CCCCC(CC)(CCc1ccsc1)CNCC(C)C. The van der Waals surface area contributed by atoms with Gasteiger partial charge in [0.25, 0.3) is 0 Å². The van der Waals surface area contributed by atoms with Crippen LogP contribution in [0.1, 0.15) is 65.4 Å². The zero-order valence-electron chi connectivity index (χ0n) is 13.9. The van der Waals surface area contributed by atoms with Crippen LogP contribution in [-0.4, -0.2) is 13.1 Å². The minimum atomic E-state index is 0.493. The monoisotopic (exact) mass is 295 g/mol. The molecule has 0 aliphatic heterocycles. The summed E-state index contributed by atoms with van der Waals surface area (Å²) in [4.78, 5) is 0. The van der Waals surface area contributed by atoms with Crippen molar-refractivity contribution in [2.75, 3.05) is 13.1 Å². The highest BCUT2D eigenvalue weighted by Crippen LogP contribution is 2.34. The summed E-state index contributed by atoms with van der Waals surface area (Å²) in [6.45, 7) is 11.6. The van der Waals surface area contributed by atoms with E-state index >= 15 is 0 Å².